The molecule has 0 radical (unpaired) electrons. The zero-order chi connectivity index (χ0) is 15.2. The highest BCUT2D eigenvalue weighted by Crippen LogP contribution is 2.26. The number of benzene rings is 1. The third kappa shape index (κ3) is 3.73. The summed E-state index contributed by atoms with van der Waals surface area (Å²) in [4.78, 5) is 15.2. The second kappa shape index (κ2) is 7.41. The quantitative estimate of drug-likeness (QED) is 0.533. The molecule has 1 amide bonds. The van der Waals surface area contributed by atoms with Gasteiger partial charge in [-0.15, -0.1) is 0 Å². The molecule has 0 spiro atoms. The lowest BCUT2D eigenvalue weighted by Crippen LogP contribution is -2.23. The van der Waals surface area contributed by atoms with Crippen molar-refractivity contribution in [3.8, 4) is 0 Å². The molecule has 0 fully saturated rings. The molecule has 0 saturated carbocycles. The SMILES string of the molecule is CCCCSNc1ccc2[nH]c(C(=O)NCC)c(C)c2c1. The Morgan fingerprint density at radius 3 is 2.86 bits per heavy atom. The highest BCUT2D eigenvalue weighted by molar-refractivity contribution is 8.00. The average Bonchev–Trinajstić information content (AvgIpc) is 2.81. The molecule has 5 heteroatoms. The van der Waals surface area contributed by atoms with Gasteiger partial charge in [-0.1, -0.05) is 25.3 Å². The van der Waals surface area contributed by atoms with E-state index in [2.05, 4.69) is 28.0 Å². The molecule has 0 atom stereocenters. The maximum absolute atomic E-state index is 12.0. The Hall–Kier alpha value is -1.62. The molecule has 2 rings (SSSR count). The van der Waals surface area contributed by atoms with Crippen molar-refractivity contribution in [3.63, 3.8) is 0 Å². The van der Waals surface area contributed by atoms with Crippen molar-refractivity contribution >= 4 is 34.4 Å². The molecule has 2 aromatic rings. The van der Waals surface area contributed by atoms with Crippen molar-refractivity contribution in [2.24, 2.45) is 0 Å². The van der Waals surface area contributed by atoms with Crippen molar-refractivity contribution in [2.45, 2.75) is 33.6 Å². The van der Waals surface area contributed by atoms with E-state index in [1.165, 1.54) is 12.8 Å². The predicted octanol–water partition coefficient (Wildman–Crippen LogP) is 4.09. The standard InChI is InChI=1S/C16H23N3OS/c1-4-6-9-21-19-12-7-8-14-13(10-12)11(3)15(18-14)16(20)17-5-2/h7-8,10,18-19H,4-6,9H2,1-3H3,(H,17,20). The lowest BCUT2D eigenvalue weighted by Gasteiger charge is -2.05. The molecule has 1 aromatic carbocycles. The van der Waals surface area contributed by atoms with Gasteiger partial charge >= 0.3 is 0 Å². The van der Waals surface area contributed by atoms with Gasteiger partial charge in [-0.3, -0.25) is 4.79 Å². The van der Waals surface area contributed by atoms with Crippen LogP contribution in [0, 0.1) is 6.92 Å². The number of H-pyrrole nitrogens is 1. The van der Waals surface area contributed by atoms with Crippen LogP contribution in [0.25, 0.3) is 10.9 Å². The fourth-order valence-electron chi connectivity index (χ4n) is 2.22. The first kappa shape index (κ1) is 15.8. The van der Waals surface area contributed by atoms with E-state index in [9.17, 15) is 4.79 Å². The van der Waals surface area contributed by atoms with Gasteiger partial charge in [-0.2, -0.15) is 0 Å². The average molecular weight is 305 g/mol. The number of fused-ring (bicyclic) bond motifs is 1. The van der Waals surface area contributed by atoms with Gasteiger partial charge in [0.2, 0.25) is 0 Å². The van der Waals surface area contributed by atoms with Crippen LogP contribution in [0.4, 0.5) is 5.69 Å². The molecule has 0 saturated heterocycles. The van der Waals surface area contributed by atoms with Gasteiger partial charge in [-0.05, 0) is 44.0 Å². The minimum absolute atomic E-state index is 0.0435. The Balaban J connectivity index is 2.18. The van der Waals surface area contributed by atoms with E-state index in [1.54, 1.807) is 11.9 Å². The summed E-state index contributed by atoms with van der Waals surface area (Å²) in [5.41, 5.74) is 3.73. The van der Waals surface area contributed by atoms with Crippen LogP contribution >= 0.6 is 11.9 Å². The molecule has 4 nitrogen and oxygen atoms in total. The summed E-state index contributed by atoms with van der Waals surface area (Å²) in [5, 5.41) is 3.93. The number of aromatic nitrogens is 1. The van der Waals surface area contributed by atoms with Gasteiger partial charge < -0.3 is 15.0 Å². The molecule has 0 aliphatic rings. The third-order valence-corrected chi connectivity index (χ3v) is 4.29. The van der Waals surface area contributed by atoms with Gasteiger partial charge in [0.15, 0.2) is 0 Å². The second-order valence-electron chi connectivity index (χ2n) is 5.05. The van der Waals surface area contributed by atoms with Gasteiger partial charge in [0.1, 0.15) is 5.69 Å². The molecular formula is C16H23N3OS. The topological polar surface area (TPSA) is 56.9 Å². The van der Waals surface area contributed by atoms with Crippen molar-refractivity contribution in [1.29, 1.82) is 0 Å². The number of hydrogen-bond donors (Lipinski definition) is 3. The summed E-state index contributed by atoms with van der Waals surface area (Å²) < 4.78 is 3.36. The van der Waals surface area contributed by atoms with E-state index in [4.69, 9.17) is 0 Å². The van der Waals surface area contributed by atoms with Crippen LogP contribution in [0.2, 0.25) is 0 Å². The van der Waals surface area contributed by atoms with Crippen molar-refractivity contribution in [1.82, 2.24) is 10.3 Å². The summed E-state index contributed by atoms with van der Waals surface area (Å²) in [6.45, 7) is 6.73. The summed E-state index contributed by atoms with van der Waals surface area (Å²) in [7, 11) is 0. The fourth-order valence-corrected chi connectivity index (χ4v) is 3.05. The number of nitrogens with one attached hydrogen (secondary N) is 3. The van der Waals surface area contributed by atoms with E-state index in [0.29, 0.717) is 12.2 Å². The van der Waals surface area contributed by atoms with Gasteiger partial charge in [-0.25, -0.2) is 0 Å². The van der Waals surface area contributed by atoms with Gasteiger partial charge in [0, 0.05) is 28.9 Å². The van der Waals surface area contributed by atoms with Crippen LogP contribution in [-0.2, 0) is 0 Å². The van der Waals surface area contributed by atoms with Crippen LogP contribution in [0.1, 0.15) is 42.7 Å². The Kier molecular flexibility index (Phi) is 5.56. The smallest absolute Gasteiger partial charge is 0.267 e. The monoisotopic (exact) mass is 305 g/mol. The third-order valence-electron chi connectivity index (χ3n) is 3.41. The number of anilines is 1. The highest BCUT2D eigenvalue weighted by Gasteiger charge is 2.14. The lowest BCUT2D eigenvalue weighted by molar-refractivity contribution is 0.0951. The minimum atomic E-state index is -0.0435. The first-order valence-electron chi connectivity index (χ1n) is 7.45. The van der Waals surface area contributed by atoms with E-state index in [-0.39, 0.29) is 5.91 Å². The maximum Gasteiger partial charge on any atom is 0.267 e. The molecule has 0 aliphatic carbocycles. The Labute approximate surface area is 130 Å². The molecule has 0 bridgehead atoms. The van der Waals surface area contributed by atoms with Crippen LogP contribution in [0.3, 0.4) is 0 Å². The van der Waals surface area contributed by atoms with E-state index >= 15 is 0 Å². The van der Waals surface area contributed by atoms with Crippen molar-refractivity contribution < 1.29 is 4.79 Å². The van der Waals surface area contributed by atoms with E-state index in [0.717, 1.165) is 27.9 Å². The minimum Gasteiger partial charge on any atom is -0.351 e. The normalized spacial score (nSPS) is 10.8. The number of carbonyl (C=O) groups excluding carboxylic acids is 1. The molecule has 1 heterocycles. The van der Waals surface area contributed by atoms with Gasteiger partial charge in [0.25, 0.3) is 5.91 Å². The molecule has 0 unspecified atom stereocenters. The Morgan fingerprint density at radius 2 is 2.14 bits per heavy atom. The number of unbranched alkanes of at least 4 members (excludes halogenated alkanes) is 1. The lowest BCUT2D eigenvalue weighted by atomic mass is 10.1. The van der Waals surface area contributed by atoms with Crippen LogP contribution in [0.15, 0.2) is 18.2 Å². The molecule has 21 heavy (non-hydrogen) atoms. The summed E-state index contributed by atoms with van der Waals surface area (Å²) in [5.74, 6) is 1.06. The maximum atomic E-state index is 12.0. The molecular weight excluding hydrogens is 282 g/mol. The van der Waals surface area contributed by atoms with Crippen LogP contribution in [-0.4, -0.2) is 23.2 Å². The Morgan fingerprint density at radius 1 is 1.33 bits per heavy atom. The van der Waals surface area contributed by atoms with Gasteiger partial charge in [0.05, 0.1) is 0 Å². The summed E-state index contributed by atoms with van der Waals surface area (Å²) in [6.07, 6.45) is 2.42. The first-order valence-corrected chi connectivity index (χ1v) is 8.44. The largest absolute Gasteiger partial charge is 0.351 e. The number of carbonyl (C=O) groups is 1. The number of hydrogen-bond acceptors (Lipinski definition) is 3. The van der Waals surface area contributed by atoms with Crippen molar-refractivity contribution in [3.05, 3.63) is 29.5 Å². The second-order valence-corrected chi connectivity index (χ2v) is 5.95. The molecule has 114 valence electrons. The molecule has 1 aromatic heterocycles. The number of aromatic amines is 1. The zero-order valence-electron chi connectivity index (χ0n) is 12.9. The molecule has 3 N–H and O–H groups in total. The van der Waals surface area contributed by atoms with Crippen LogP contribution < -0.4 is 10.0 Å². The fraction of sp³-hybridized carbons (Fsp3) is 0.438. The van der Waals surface area contributed by atoms with E-state index in [1.807, 2.05) is 26.0 Å². The Bertz CT molecular complexity index is 621. The zero-order valence-corrected chi connectivity index (χ0v) is 13.7. The number of rotatable bonds is 7. The summed E-state index contributed by atoms with van der Waals surface area (Å²) in [6, 6.07) is 6.16. The number of aryl methyl sites for hydroxylation is 1. The molecule has 0 aliphatic heterocycles. The highest BCUT2D eigenvalue weighted by atomic mass is 32.2. The first-order chi connectivity index (χ1) is 10.2. The van der Waals surface area contributed by atoms with Crippen LogP contribution in [0.5, 0.6) is 0 Å². The summed E-state index contributed by atoms with van der Waals surface area (Å²) >= 11 is 1.73. The number of amides is 1. The van der Waals surface area contributed by atoms with Crippen molar-refractivity contribution in [2.75, 3.05) is 17.0 Å². The van der Waals surface area contributed by atoms with E-state index < -0.39 is 0 Å². The predicted molar refractivity (Wildman–Crippen MR) is 92.0 cm³/mol.